The molecule has 7 heteroatoms. The first-order valence-electron chi connectivity index (χ1n) is 7.13. The maximum absolute atomic E-state index is 11.8. The SMILES string of the molecule is CC(C)OCCCNC(=O)CN1CCNCC1C(N)=O. The Morgan fingerprint density at radius 2 is 2.25 bits per heavy atom. The number of hydrogen-bond donors (Lipinski definition) is 3. The molecule has 0 aromatic heterocycles. The van der Waals surface area contributed by atoms with Crippen LogP contribution in [-0.2, 0) is 14.3 Å². The molecule has 0 radical (unpaired) electrons. The van der Waals surface area contributed by atoms with Crippen molar-refractivity contribution in [3.63, 3.8) is 0 Å². The van der Waals surface area contributed by atoms with E-state index in [4.69, 9.17) is 10.5 Å². The van der Waals surface area contributed by atoms with Gasteiger partial charge in [0.2, 0.25) is 11.8 Å². The lowest BCUT2D eigenvalue weighted by Crippen LogP contribution is -2.58. The normalized spacial score (nSPS) is 20.1. The maximum atomic E-state index is 11.8. The van der Waals surface area contributed by atoms with Gasteiger partial charge in [-0.2, -0.15) is 0 Å². The van der Waals surface area contributed by atoms with Gasteiger partial charge in [0, 0.05) is 32.8 Å². The maximum Gasteiger partial charge on any atom is 0.236 e. The number of carbonyl (C=O) groups excluding carboxylic acids is 2. The number of carbonyl (C=O) groups is 2. The van der Waals surface area contributed by atoms with Gasteiger partial charge >= 0.3 is 0 Å². The van der Waals surface area contributed by atoms with Crippen LogP contribution in [0.1, 0.15) is 20.3 Å². The molecule has 7 nitrogen and oxygen atoms in total. The number of ether oxygens (including phenoxy) is 1. The number of nitrogens with two attached hydrogens (primary N) is 1. The van der Waals surface area contributed by atoms with Crippen LogP contribution >= 0.6 is 0 Å². The van der Waals surface area contributed by atoms with Crippen molar-refractivity contribution >= 4 is 11.8 Å². The molecular weight excluding hydrogens is 260 g/mol. The molecule has 0 saturated carbocycles. The van der Waals surface area contributed by atoms with Gasteiger partial charge in [0.05, 0.1) is 12.6 Å². The van der Waals surface area contributed by atoms with Crippen LogP contribution in [0.5, 0.6) is 0 Å². The number of rotatable bonds is 8. The molecule has 0 aromatic rings. The van der Waals surface area contributed by atoms with Gasteiger partial charge in [-0.1, -0.05) is 0 Å². The summed E-state index contributed by atoms with van der Waals surface area (Å²) >= 11 is 0. The third-order valence-corrected chi connectivity index (χ3v) is 3.12. The molecule has 1 fully saturated rings. The van der Waals surface area contributed by atoms with Gasteiger partial charge < -0.3 is 21.1 Å². The Bertz CT molecular complexity index is 323. The van der Waals surface area contributed by atoms with Crippen LogP contribution in [0.3, 0.4) is 0 Å². The van der Waals surface area contributed by atoms with Gasteiger partial charge in [0.25, 0.3) is 0 Å². The Hall–Kier alpha value is -1.18. The highest BCUT2D eigenvalue weighted by Crippen LogP contribution is 2.02. The first kappa shape index (κ1) is 16.9. The minimum Gasteiger partial charge on any atom is -0.379 e. The van der Waals surface area contributed by atoms with Crippen molar-refractivity contribution in [2.24, 2.45) is 5.73 Å². The van der Waals surface area contributed by atoms with E-state index < -0.39 is 11.9 Å². The summed E-state index contributed by atoms with van der Waals surface area (Å²) < 4.78 is 5.39. The molecule has 0 spiro atoms. The molecule has 1 saturated heterocycles. The number of amides is 2. The molecule has 116 valence electrons. The smallest absolute Gasteiger partial charge is 0.236 e. The standard InChI is InChI=1S/C13H26N4O3/c1-10(2)20-7-3-4-16-12(18)9-17-6-5-15-8-11(17)13(14)19/h10-11,15H,3-9H2,1-2H3,(H2,14,19)(H,16,18). The molecule has 2 amide bonds. The summed E-state index contributed by atoms with van der Waals surface area (Å²) in [7, 11) is 0. The number of primary amides is 1. The van der Waals surface area contributed by atoms with Crippen molar-refractivity contribution in [1.29, 1.82) is 0 Å². The van der Waals surface area contributed by atoms with Gasteiger partial charge in [-0.15, -0.1) is 0 Å². The monoisotopic (exact) mass is 286 g/mol. The molecule has 0 aromatic carbocycles. The Labute approximate surface area is 120 Å². The quantitative estimate of drug-likeness (QED) is 0.481. The van der Waals surface area contributed by atoms with Crippen molar-refractivity contribution < 1.29 is 14.3 Å². The largest absolute Gasteiger partial charge is 0.379 e. The molecule has 0 bridgehead atoms. The highest BCUT2D eigenvalue weighted by Gasteiger charge is 2.27. The summed E-state index contributed by atoms with van der Waals surface area (Å²) in [5.74, 6) is -0.474. The molecule has 1 heterocycles. The zero-order valence-corrected chi connectivity index (χ0v) is 12.4. The Kier molecular flexibility index (Phi) is 7.50. The number of nitrogens with one attached hydrogen (secondary N) is 2. The van der Waals surface area contributed by atoms with E-state index in [1.165, 1.54) is 0 Å². The second-order valence-electron chi connectivity index (χ2n) is 5.22. The van der Waals surface area contributed by atoms with E-state index in [9.17, 15) is 9.59 Å². The van der Waals surface area contributed by atoms with E-state index in [2.05, 4.69) is 10.6 Å². The lowest BCUT2D eigenvalue weighted by Gasteiger charge is -2.33. The van der Waals surface area contributed by atoms with Gasteiger partial charge in [0.1, 0.15) is 6.04 Å². The predicted molar refractivity (Wildman–Crippen MR) is 76.1 cm³/mol. The van der Waals surface area contributed by atoms with Crippen molar-refractivity contribution in [3.8, 4) is 0 Å². The van der Waals surface area contributed by atoms with Crippen LogP contribution in [0.4, 0.5) is 0 Å². The van der Waals surface area contributed by atoms with Crippen molar-refractivity contribution in [2.45, 2.75) is 32.4 Å². The van der Waals surface area contributed by atoms with E-state index in [0.717, 1.165) is 13.0 Å². The first-order valence-corrected chi connectivity index (χ1v) is 7.13. The summed E-state index contributed by atoms with van der Waals surface area (Å²) in [5.41, 5.74) is 5.33. The molecule has 1 aliphatic heterocycles. The molecule has 1 atom stereocenters. The molecule has 1 rings (SSSR count). The highest BCUT2D eigenvalue weighted by atomic mass is 16.5. The summed E-state index contributed by atoms with van der Waals surface area (Å²) in [6.07, 6.45) is 0.993. The molecule has 1 aliphatic rings. The lowest BCUT2D eigenvalue weighted by atomic mass is 10.2. The minimum absolute atomic E-state index is 0.0808. The van der Waals surface area contributed by atoms with E-state index in [0.29, 0.717) is 26.2 Å². The zero-order chi connectivity index (χ0) is 15.0. The van der Waals surface area contributed by atoms with Gasteiger partial charge in [0.15, 0.2) is 0 Å². The molecule has 1 unspecified atom stereocenters. The number of nitrogens with zero attached hydrogens (tertiary/aromatic N) is 1. The number of hydrogen-bond acceptors (Lipinski definition) is 5. The van der Waals surface area contributed by atoms with E-state index in [1.807, 2.05) is 18.7 Å². The van der Waals surface area contributed by atoms with Gasteiger partial charge in [-0.3, -0.25) is 14.5 Å². The third kappa shape index (κ3) is 6.31. The third-order valence-electron chi connectivity index (χ3n) is 3.12. The van der Waals surface area contributed by atoms with Crippen LogP contribution in [0.15, 0.2) is 0 Å². The molecule has 4 N–H and O–H groups in total. The topological polar surface area (TPSA) is 96.7 Å². The summed E-state index contributed by atoms with van der Waals surface area (Å²) in [4.78, 5) is 24.9. The summed E-state index contributed by atoms with van der Waals surface area (Å²) in [6.45, 7) is 7.30. The van der Waals surface area contributed by atoms with Crippen LogP contribution in [0.2, 0.25) is 0 Å². The minimum atomic E-state index is -0.404. The second-order valence-corrected chi connectivity index (χ2v) is 5.22. The lowest BCUT2D eigenvalue weighted by molar-refractivity contribution is -0.127. The van der Waals surface area contributed by atoms with Crippen LogP contribution in [0, 0.1) is 0 Å². The predicted octanol–water partition coefficient (Wildman–Crippen LogP) is -1.32. The summed E-state index contributed by atoms with van der Waals surface area (Å²) in [5, 5.41) is 5.93. The zero-order valence-electron chi connectivity index (χ0n) is 12.4. The molecule has 20 heavy (non-hydrogen) atoms. The Morgan fingerprint density at radius 1 is 1.50 bits per heavy atom. The fourth-order valence-corrected chi connectivity index (χ4v) is 2.08. The van der Waals surface area contributed by atoms with Crippen LogP contribution in [-0.4, -0.2) is 68.2 Å². The average Bonchev–Trinajstić information content (AvgIpc) is 2.38. The Balaban J connectivity index is 2.21. The number of piperazine rings is 1. The fraction of sp³-hybridized carbons (Fsp3) is 0.846. The van der Waals surface area contributed by atoms with Gasteiger partial charge in [-0.05, 0) is 20.3 Å². The van der Waals surface area contributed by atoms with E-state index >= 15 is 0 Å². The van der Waals surface area contributed by atoms with E-state index in [1.54, 1.807) is 0 Å². The second kappa shape index (κ2) is 8.89. The summed E-state index contributed by atoms with van der Waals surface area (Å²) in [6, 6.07) is -0.404. The molecular formula is C13H26N4O3. The van der Waals surface area contributed by atoms with Crippen molar-refractivity contribution in [3.05, 3.63) is 0 Å². The van der Waals surface area contributed by atoms with Crippen LogP contribution < -0.4 is 16.4 Å². The van der Waals surface area contributed by atoms with E-state index in [-0.39, 0.29) is 18.6 Å². The van der Waals surface area contributed by atoms with Crippen molar-refractivity contribution in [1.82, 2.24) is 15.5 Å². The average molecular weight is 286 g/mol. The van der Waals surface area contributed by atoms with Crippen LogP contribution in [0.25, 0.3) is 0 Å². The van der Waals surface area contributed by atoms with Crippen molar-refractivity contribution in [2.75, 3.05) is 39.3 Å². The molecule has 0 aliphatic carbocycles. The Morgan fingerprint density at radius 3 is 2.90 bits per heavy atom. The highest BCUT2D eigenvalue weighted by molar-refractivity contribution is 5.82. The fourth-order valence-electron chi connectivity index (χ4n) is 2.08. The van der Waals surface area contributed by atoms with Gasteiger partial charge in [-0.25, -0.2) is 0 Å². The first-order chi connectivity index (χ1) is 9.50.